The fraction of sp³-hybridized carbons (Fsp3) is 0.550. The maximum absolute atomic E-state index is 11.4. The highest BCUT2D eigenvalue weighted by molar-refractivity contribution is 9.10. The van der Waals surface area contributed by atoms with E-state index in [4.69, 9.17) is 4.74 Å². The number of ether oxygens (including phenoxy) is 1. The average molecular weight is 439 g/mol. The van der Waals surface area contributed by atoms with Crippen molar-refractivity contribution in [1.82, 2.24) is 10.6 Å². The van der Waals surface area contributed by atoms with Crippen molar-refractivity contribution in [2.75, 3.05) is 6.54 Å². The monoisotopic (exact) mass is 438 g/mol. The van der Waals surface area contributed by atoms with Crippen LogP contribution in [-0.2, 0) is 4.79 Å². The molecule has 3 atom stereocenters. The molecule has 148 valence electrons. The van der Waals surface area contributed by atoms with E-state index in [2.05, 4.69) is 33.1 Å². The van der Waals surface area contributed by atoms with E-state index in [-0.39, 0.29) is 29.7 Å². The number of amides is 1. The third-order valence-corrected chi connectivity index (χ3v) is 5.81. The Hall–Kier alpha value is -1.41. The Balaban J connectivity index is 1.72. The van der Waals surface area contributed by atoms with E-state index in [1.165, 1.54) is 6.92 Å². The van der Waals surface area contributed by atoms with Gasteiger partial charge in [0.25, 0.3) is 0 Å². The van der Waals surface area contributed by atoms with Crippen LogP contribution in [0.15, 0.2) is 35.3 Å². The molecule has 3 rings (SSSR count). The van der Waals surface area contributed by atoms with Gasteiger partial charge in [-0.05, 0) is 24.6 Å². The van der Waals surface area contributed by atoms with Crippen molar-refractivity contribution in [2.45, 2.75) is 62.5 Å². The molecular formula is C20H27BrN2O4. The number of aliphatic hydroxyl groups excluding tert-OH is 2. The van der Waals surface area contributed by atoms with Crippen LogP contribution < -0.4 is 15.4 Å². The van der Waals surface area contributed by atoms with Gasteiger partial charge in [0.15, 0.2) is 0 Å². The lowest BCUT2D eigenvalue weighted by molar-refractivity contribution is -0.120. The van der Waals surface area contributed by atoms with Crippen LogP contribution in [0.2, 0.25) is 0 Å². The summed E-state index contributed by atoms with van der Waals surface area (Å²) in [5.41, 5.74) is 0.685. The summed E-state index contributed by atoms with van der Waals surface area (Å²) < 4.78 is 7.17. The summed E-state index contributed by atoms with van der Waals surface area (Å²) >= 11 is 3.51. The Labute approximate surface area is 168 Å². The molecule has 1 fully saturated rings. The molecule has 1 aromatic rings. The van der Waals surface area contributed by atoms with Gasteiger partial charge in [0, 0.05) is 48.8 Å². The summed E-state index contributed by atoms with van der Waals surface area (Å²) in [6, 6.07) is 5.52. The number of carbonyl (C=O) groups excluding carboxylic acids is 1. The van der Waals surface area contributed by atoms with Crippen molar-refractivity contribution in [3.63, 3.8) is 0 Å². The smallest absolute Gasteiger partial charge is 0.217 e. The minimum Gasteiger partial charge on any atom is -0.487 e. The van der Waals surface area contributed by atoms with Gasteiger partial charge in [-0.15, -0.1) is 6.58 Å². The molecule has 1 aromatic carbocycles. The first-order chi connectivity index (χ1) is 12.8. The number of halogens is 1. The van der Waals surface area contributed by atoms with Crippen LogP contribution in [0.3, 0.4) is 0 Å². The van der Waals surface area contributed by atoms with Crippen molar-refractivity contribution in [2.24, 2.45) is 0 Å². The van der Waals surface area contributed by atoms with Crippen LogP contribution in [0.1, 0.15) is 44.2 Å². The zero-order valence-corrected chi connectivity index (χ0v) is 17.0. The number of benzene rings is 1. The molecule has 1 spiro atoms. The third-order valence-electron chi connectivity index (χ3n) is 5.31. The van der Waals surface area contributed by atoms with E-state index in [9.17, 15) is 15.0 Å². The summed E-state index contributed by atoms with van der Waals surface area (Å²) in [6.07, 6.45) is 3.09. The number of rotatable bonds is 7. The molecule has 0 unspecified atom stereocenters. The Kier molecular flexibility index (Phi) is 6.25. The van der Waals surface area contributed by atoms with Crippen LogP contribution in [-0.4, -0.2) is 46.5 Å². The van der Waals surface area contributed by atoms with Crippen LogP contribution in [0.4, 0.5) is 0 Å². The molecular weight excluding hydrogens is 412 g/mol. The van der Waals surface area contributed by atoms with Crippen molar-refractivity contribution in [3.8, 4) is 5.75 Å². The maximum atomic E-state index is 11.4. The number of carbonyl (C=O) groups is 1. The zero-order valence-electron chi connectivity index (χ0n) is 15.5. The predicted molar refractivity (Wildman–Crippen MR) is 107 cm³/mol. The fourth-order valence-electron chi connectivity index (χ4n) is 4.03. The van der Waals surface area contributed by atoms with Crippen LogP contribution in [0, 0.1) is 0 Å². The van der Waals surface area contributed by atoms with Crippen molar-refractivity contribution < 1.29 is 19.7 Å². The molecule has 1 heterocycles. The van der Waals surface area contributed by atoms with E-state index < -0.39 is 6.10 Å². The minimum atomic E-state index is -0.742. The second-order valence-corrected chi connectivity index (χ2v) is 8.51. The third kappa shape index (κ3) is 4.71. The van der Waals surface area contributed by atoms with Gasteiger partial charge in [0.2, 0.25) is 5.91 Å². The Morgan fingerprint density at radius 1 is 1.48 bits per heavy atom. The normalized spacial score (nSPS) is 28.4. The largest absolute Gasteiger partial charge is 0.487 e. The molecule has 1 saturated carbocycles. The van der Waals surface area contributed by atoms with E-state index in [1.807, 2.05) is 18.2 Å². The van der Waals surface area contributed by atoms with E-state index in [0.29, 0.717) is 25.8 Å². The number of fused-ring (bicyclic) bond motifs is 1. The van der Waals surface area contributed by atoms with Crippen molar-refractivity contribution in [3.05, 3.63) is 40.9 Å². The minimum absolute atomic E-state index is 0.00453. The predicted octanol–water partition coefficient (Wildman–Crippen LogP) is 2.20. The lowest BCUT2D eigenvalue weighted by atomic mass is 9.71. The summed E-state index contributed by atoms with van der Waals surface area (Å²) in [5, 5.41) is 26.6. The first-order valence-corrected chi connectivity index (χ1v) is 10.1. The first-order valence-electron chi connectivity index (χ1n) is 9.28. The summed E-state index contributed by atoms with van der Waals surface area (Å²) in [5.74, 6) is 0.636. The van der Waals surface area contributed by atoms with Gasteiger partial charge in [-0.2, -0.15) is 0 Å². The molecule has 27 heavy (non-hydrogen) atoms. The van der Waals surface area contributed by atoms with Crippen LogP contribution in [0.25, 0.3) is 0 Å². The molecule has 0 radical (unpaired) electrons. The van der Waals surface area contributed by atoms with Crippen molar-refractivity contribution >= 4 is 21.8 Å². The lowest BCUT2D eigenvalue weighted by Crippen LogP contribution is -2.56. The SMILES string of the molecule is C=CC[C@H](NC(C)=O)[C@H](O)CN[C@H]1CC2(CC(O)C2)Oc2ccc(Br)cc21. The Bertz CT molecular complexity index is 705. The molecule has 0 bridgehead atoms. The molecule has 2 aliphatic rings. The van der Waals surface area contributed by atoms with Gasteiger partial charge >= 0.3 is 0 Å². The van der Waals surface area contributed by atoms with E-state index >= 15 is 0 Å². The Morgan fingerprint density at radius 3 is 2.85 bits per heavy atom. The molecule has 1 amide bonds. The topological polar surface area (TPSA) is 90.8 Å². The van der Waals surface area contributed by atoms with Crippen LogP contribution >= 0.6 is 15.9 Å². The number of hydrogen-bond donors (Lipinski definition) is 4. The molecule has 1 aliphatic heterocycles. The fourth-order valence-corrected chi connectivity index (χ4v) is 4.41. The summed E-state index contributed by atoms with van der Waals surface area (Å²) in [7, 11) is 0. The number of aliphatic hydroxyl groups is 2. The van der Waals surface area contributed by atoms with E-state index in [0.717, 1.165) is 22.2 Å². The quantitative estimate of drug-likeness (QED) is 0.489. The number of hydrogen-bond acceptors (Lipinski definition) is 5. The van der Waals surface area contributed by atoms with Gasteiger partial charge in [-0.3, -0.25) is 4.79 Å². The van der Waals surface area contributed by atoms with Gasteiger partial charge in [-0.1, -0.05) is 22.0 Å². The van der Waals surface area contributed by atoms with Gasteiger partial charge in [0.05, 0.1) is 18.2 Å². The molecule has 7 heteroatoms. The van der Waals surface area contributed by atoms with Gasteiger partial charge in [-0.25, -0.2) is 0 Å². The van der Waals surface area contributed by atoms with Gasteiger partial charge in [0.1, 0.15) is 11.4 Å². The van der Waals surface area contributed by atoms with E-state index in [1.54, 1.807) is 6.08 Å². The lowest BCUT2D eigenvalue weighted by Gasteiger charge is -2.50. The maximum Gasteiger partial charge on any atom is 0.217 e. The van der Waals surface area contributed by atoms with Gasteiger partial charge < -0.3 is 25.6 Å². The highest BCUT2D eigenvalue weighted by Crippen LogP contribution is 2.49. The molecule has 4 N–H and O–H groups in total. The molecule has 6 nitrogen and oxygen atoms in total. The molecule has 1 aliphatic carbocycles. The van der Waals surface area contributed by atoms with Crippen molar-refractivity contribution in [1.29, 1.82) is 0 Å². The molecule has 0 aromatic heterocycles. The highest BCUT2D eigenvalue weighted by atomic mass is 79.9. The summed E-state index contributed by atoms with van der Waals surface area (Å²) in [6.45, 7) is 5.46. The summed E-state index contributed by atoms with van der Waals surface area (Å²) in [4.78, 5) is 11.4. The highest BCUT2D eigenvalue weighted by Gasteiger charge is 2.50. The second-order valence-electron chi connectivity index (χ2n) is 7.59. The number of nitrogens with one attached hydrogen (secondary N) is 2. The second kappa shape index (κ2) is 8.31. The standard InChI is InChI=1S/C20H27BrN2O4/c1-3-4-16(23-12(2)24)18(26)11-22-17-10-20(8-14(25)9-20)27-19-6-5-13(21)7-15(17)19/h3,5-7,14,16-18,22,25-26H,1,4,8-11H2,2H3,(H,23,24)/t14?,16-,17-,18+,20?/m0/s1. The first kappa shape index (κ1) is 20.3. The van der Waals surface area contributed by atoms with Crippen LogP contribution in [0.5, 0.6) is 5.75 Å². The zero-order chi connectivity index (χ0) is 19.6. The Morgan fingerprint density at radius 2 is 2.22 bits per heavy atom. The average Bonchev–Trinajstić information content (AvgIpc) is 2.58. The molecule has 0 saturated heterocycles.